The Labute approximate surface area is 173 Å². The fraction of sp³-hybridized carbons (Fsp3) is 0.435. The van der Waals surface area contributed by atoms with E-state index in [1.807, 2.05) is 70.2 Å². The molecule has 0 radical (unpaired) electrons. The van der Waals surface area contributed by atoms with E-state index in [1.54, 1.807) is 0 Å². The molecule has 1 fully saturated rings. The van der Waals surface area contributed by atoms with Crippen molar-refractivity contribution in [2.24, 2.45) is 0 Å². The molecule has 2 aromatic rings. The molecule has 0 unspecified atom stereocenters. The van der Waals surface area contributed by atoms with E-state index in [4.69, 9.17) is 15.2 Å². The molecule has 6 heteroatoms. The number of nitrogens with two attached hydrogens (primary N) is 1. The normalized spacial score (nSPS) is 16.6. The maximum Gasteiger partial charge on any atom is 0.407 e. The fourth-order valence-corrected chi connectivity index (χ4v) is 3.67. The zero-order chi connectivity index (χ0) is 21.0. The quantitative estimate of drug-likeness (QED) is 0.705. The second kappa shape index (κ2) is 8.64. The summed E-state index contributed by atoms with van der Waals surface area (Å²) in [4.78, 5) is 14.3. The van der Waals surface area contributed by atoms with Crippen LogP contribution >= 0.6 is 0 Å². The van der Waals surface area contributed by atoms with Gasteiger partial charge in [-0.1, -0.05) is 18.2 Å². The number of carbonyl (C=O) groups excluding carboxylic acids is 1. The van der Waals surface area contributed by atoms with Crippen molar-refractivity contribution in [1.29, 1.82) is 0 Å². The number of para-hydroxylation sites is 1. The van der Waals surface area contributed by atoms with E-state index in [0.717, 1.165) is 42.1 Å². The summed E-state index contributed by atoms with van der Waals surface area (Å²) in [5.74, 6) is 1.57. The van der Waals surface area contributed by atoms with Gasteiger partial charge in [0.1, 0.15) is 17.1 Å². The minimum absolute atomic E-state index is 0.162. The van der Waals surface area contributed by atoms with Gasteiger partial charge in [-0.2, -0.15) is 0 Å². The van der Waals surface area contributed by atoms with Crippen molar-refractivity contribution in [3.05, 3.63) is 48.0 Å². The summed E-state index contributed by atoms with van der Waals surface area (Å²) in [5.41, 5.74) is 8.54. The lowest BCUT2D eigenvalue weighted by molar-refractivity contribution is 0.0525. The topological polar surface area (TPSA) is 76.8 Å². The molecule has 0 aliphatic carbocycles. The molecule has 2 aromatic carbocycles. The van der Waals surface area contributed by atoms with Crippen molar-refractivity contribution >= 4 is 17.5 Å². The van der Waals surface area contributed by atoms with Gasteiger partial charge in [0.25, 0.3) is 0 Å². The third-order valence-electron chi connectivity index (χ3n) is 4.93. The molecule has 1 amide bonds. The van der Waals surface area contributed by atoms with Gasteiger partial charge < -0.3 is 25.4 Å². The number of hydrogen-bond donors (Lipinski definition) is 2. The monoisotopic (exact) mass is 397 g/mol. The molecule has 0 saturated carbocycles. The van der Waals surface area contributed by atoms with Crippen LogP contribution in [0.3, 0.4) is 0 Å². The van der Waals surface area contributed by atoms with Gasteiger partial charge in [-0.05, 0) is 64.8 Å². The summed E-state index contributed by atoms with van der Waals surface area (Å²) >= 11 is 0. The summed E-state index contributed by atoms with van der Waals surface area (Å²) in [7, 11) is 0. The number of benzene rings is 2. The zero-order valence-corrected chi connectivity index (χ0v) is 17.7. The number of hydrogen-bond acceptors (Lipinski definition) is 5. The van der Waals surface area contributed by atoms with Crippen LogP contribution in [0.5, 0.6) is 11.5 Å². The molecule has 1 aliphatic heterocycles. The molecule has 6 nitrogen and oxygen atoms in total. The highest BCUT2D eigenvalue weighted by Gasteiger charge is 2.29. The van der Waals surface area contributed by atoms with Crippen LogP contribution in [-0.4, -0.2) is 30.8 Å². The van der Waals surface area contributed by atoms with Crippen molar-refractivity contribution in [3.8, 4) is 11.5 Å². The van der Waals surface area contributed by atoms with Gasteiger partial charge in [0, 0.05) is 24.7 Å². The van der Waals surface area contributed by atoms with Gasteiger partial charge in [0.15, 0.2) is 0 Å². The summed E-state index contributed by atoms with van der Waals surface area (Å²) in [6.45, 7) is 9.00. The van der Waals surface area contributed by atoms with Crippen LogP contribution in [-0.2, 0) is 4.74 Å². The second-order valence-electron chi connectivity index (χ2n) is 8.41. The van der Waals surface area contributed by atoms with Crippen LogP contribution in [0.25, 0.3) is 0 Å². The lowest BCUT2D eigenvalue weighted by Gasteiger charge is -2.30. The van der Waals surface area contributed by atoms with Gasteiger partial charge in [0.2, 0.25) is 0 Å². The first kappa shape index (κ1) is 20.8. The van der Waals surface area contributed by atoms with Gasteiger partial charge in [0.05, 0.1) is 11.4 Å². The highest BCUT2D eigenvalue weighted by atomic mass is 16.6. The van der Waals surface area contributed by atoms with Crippen LogP contribution in [0.1, 0.15) is 39.2 Å². The van der Waals surface area contributed by atoms with Crippen molar-refractivity contribution in [2.45, 2.75) is 52.2 Å². The van der Waals surface area contributed by atoms with E-state index < -0.39 is 11.7 Å². The first-order chi connectivity index (χ1) is 13.7. The number of alkyl carbamates (subject to hydrolysis) is 1. The van der Waals surface area contributed by atoms with E-state index >= 15 is 0 Å². The largest absolute Gasteiger partial charge is 0.457 e. The molecule has 1 atom stereocenters. The van der Waals surface area contributed by atoms with Crippen LogP contribution < -0.4 is 20.7 Å². The highest BCUT2D eigenvalue weighted by Crippen LogP contribution is 2.39. The van der Waals surface area contributed by atoms with E-state index in [-0.39, 0.29) is 6.04 Å². The van der Waals surface area contributed by atoms with Gasteiger partial charge in [-0.3, -0.25) is 0 Å². The number of nitrogens with zero attached hydrogens (tertiary/aromatic N) is 1. The second-order valence-corrected chi connectivity index (χ2v) is 8.41. The molecule has 0 spiro atoms. The highest BCUT2D eigenvalue weighted by molar-refractivity contribution is 5.75. The molecule has 3 rings (SSSR count). The lowest BCUT2D eigenvalue weighted by atomic mass is 10.1. The number of nitrogens with one attached hydrogen (secondary N) is 1. The lowest BCUT2D eigenvalue weighted by Crippen LogP contribution is -2.42. The number of rotatable bonds is 5. The molecular formula is C23H31N3O3. The van der Waals surface area contributed by atoms with E-state index in [0.29, 0.717) is 12.2 Å². The Morgan fingerprint density at radius 1 is 1.21 bits per heavy atom. The Morgan fingerprint density at radius 3 is 2.62 bits per heavy atom. The number of amides is 1. The zero-order valence-electron chi connectivity index (χ0n) is 17.7. The molecule has 1 heterocycles. The summed E-state index contributed by atoms with van der Waals surface area (Å²) in [5, 5.41) is 2.90. The first-order valence-electron chi connectivity index (χ1n) is 10.1. The van der Waals surface area contributed by atoms with E-state index in [2.05, 4.69) is 10.2 Å². The fourth-order valence-electron chi connectivity index (χ4n) is 3.67. The van der Waals surface area contributed by atoms with Gasteiger partial charge >= 0.3 is 6.09 Å². The predicted octanol–water partition coefficient (Wildman–Crippen LogP) is 4.86. The Bertz CT molecular complexity index is 846. The number of ether oxygens (including phenoxy) is 2. The maximum absolute atomic E-state index is 12.1. The Morgan fingerprint density at radius 2 is 1.93 bits per heavy atom. The smallest absolute Gasteiger partial charge is 0.407 e. The molecule has 1 saturated heterocycles. The average Bonchev–Trinajstić information content (AvgIpc) is 3.10. The SMILES string of the molecule is Cc1c(Oc2ccccc2)ccc(N)c1N1CCC[C@@H]1CNC(=O)OC(C)(C)C. The van der Waals surface area contributed by atoms with Crippen LogP contribution in [0.2, 0.25) is 0 Å². The average molecular weight is 398 g/mol. The minimum atomic E-state index is -0.510. The third-order valence-corrected chi connectivity index (χ3v) is 4.93. The third kappa shape index (κ3) is 5.34. The maximum atomic E-state index is 12.1. The predicted molar refractivity (Wildman–Crippen MR) is 117 cm³/mol. The Balaban J connectivity index is 1.76. The Kier molecular flexibility index (Phi) is 6.20. The van der Waals surface area contributed by atoms with Gasteiger partial charge in [-0.25, -0.2) is 4.79 Å². The molecule has 1 aliphatic rings. The molecule has 29 heavy (non-hydrogen) atoms. The van der Waals surface area contributed by atoms with Crippen molar-refractivity contribution in [3.63, 3.8) is 0 Å². The standard InChI is InChI=1S/C23H31N3O3/c1-16-20(28-18-10-6-5-7-11-18)13-12-19(24)21(16)26-14-8-9-17(26)15-25-22(27)29-23(2,3)4/h5-7,10-13,17H,8-9,14-15,24H2,1-4H3,(H,25,27)/t17-/m1/s1. The first-order valence-corrected chi connectivity index (χ1v) is 10.1. The van der Waals surface area contributed by atoms with Crippen molar-refractivity contribution in [2.75, 3.05) is 23.7 Å². The number of carbonyl (C=O) groups is 1. The van der Waals surface area contributed by atoms with Gasteiger partial charge in [-0.15, -0.1) is 0 Å². The van der Waals surface area contributed by atoms with Crippen LogP contribution in [0.4, 0.5) is 16.2 Å². The molecule has 0 bridgehead atoms. The summed E-state index contributed by atoms with van der Waals surface area (Å²) in [6.07, 6.45) is 1.64. The molecule has 3 N–H and O–H groups in total. The summed E-state index contributed by atoms with van der Waals surface area (Å²) < 4.78 is 11.4. The van der Waals surface area contributed by atoms with Crippen LogP contribution in [0, 0.1) is 6.92 Å². The minimum Gasteiger partial charge on any atom is -0.457 e. The van der Waals surface area contributed by atoms with Crippen molar-refractivity contribution in [1.82, 2.24) is 5.32 Å². The Hall–Kier alpha value is -2.89. The summed E-state index contributed by atoms with van der Waals surface area (Å²) in [6, 6.07) is 13.7. The molecule has 156 valence electrons. The molecular weight excluding hydrogens is 366 g/mol. The van der Waals surface area contributed by atoms with Crippen LogP contribution in [0.15, 0.2) is 42.5 Å². The number of anilines is 2. The number of nitrogen functional groups attached to an aromatic ring is 1. The van der Waals surface area contributed by atoms with E-state index in [1.165, 1.54) is 0 Å². The molecule has 0 aromatic heterocycles. The van der Waals surface area contributed by atoms with Crippen molar-refractivity contribution < 1.29 is 14.3 Å². The van der Waals surface area contributed by atoms with E-state index in [9.17, 15) is 4.79 Å².